The third-order valence-corrected chi connectivity index (χ3v) is 7.86. The quantitative estimate of drug-likeness (QED) is 0.226. The van der Waals surface area contributed by atoms with Crippen molar-refractivity contribution < 1.29 is 9.26 Å². The molecule has 1 unspecified atom stereocenters. The molecule has 40 heavy (non-hydrogen) atoms. The van der Waals surface area contributed by atoms with Crippen LogP contribution in [0, 0.1) is 11.8 Å². The van der Waals surface area contributed by atoms with E-state index in [9.17, 15) is 4.79 Å². The Morgan fingerprint density at radius 1 is 1.12 bits per heavy atom. The summed E-state index contributed by atoms with van der Waals surface area (Å²) in [6.45, 7) is 4.74. The van der Waals surface area contributed by atoms with E-state index in [4.69, 9.17) is 35.8 Å². The first kappa shape index (κ1) is 26.2. The summed E-state index contributed by atoms with van der Waals surface area (Å²) in [5.41, 5.74) is 3.65. The molecule has 1 aliphatic rings. The molecule has 1 atom stereocenters. The maximum absolute atomic E-state index is 11.7. The number of halogens is 1. The minimum absolute atomic E-state index is 0.125. The van der Waals surface area contributed by atoms with Crippen LogP contribution in [-0.2, 0) is 11.3 Å². The molecule has 1 aliphatic carbocycles. The zero-order chi connectivity index (χ0) is 27.6. The van der Waals surface area contributed by atoms with Crippen molar-refractivity contribution in [3.8, 4) is 22.9 Å². The molecule has 0 saturated heterocycles. The van der Waals surface area contributed by atoms with Gasteiger partial charge >= 0.3 is 5.76 Å². The van der Waals surface area contributed by atoms with Gasteiger partial charge in [0.05, 0.1) is 0 Å². The Hall–Kier alpha value is -4.08. The molecule has 9 nitrogen and oxygen atoms in total. The average molecular weight is 557 g/mol. The summed E-state index contributed by atoms with van der Waals surface area (Å²) in [5.74, 6) is 1.37. The van der Waals surface area contributed by atoms with Crippen LogP contribution in [0.2, 0.25) is 5.02 Å². The number of hydrogen-bond acceptors (Lipinski definition) is 7. The number of nitrogens with one attached hydrogen (secondary N) is 1. The Morgan fingerprint density at radius 2 is 1.93 bits per heavy atom. The van der Waals surface area contributed by atoms with E-state index in [1.54, 1.807) is 7.11 Å². The number of benzene rings is 2. The maximum Gasteiger partial charge on any atom is 0.439 e. The predicted molar refractivity (Wildman–Crippen MR) is 153 cm³/mol. The molecule has 1 saturated carbocycles. The van der Waals surface area contributed by atoms with Gasteiger partial charge in [-0.25, -0.2) is 19.7 Å². The van der Waals surface area contributed by atoms with Crippen LogP contribution in [0.25, 0.3) is 34.1 Å². The molecule has 2 aromatic carbocycles. The van der Waals surface area contributed by atoms with E-state index in [2.05, 4.69) is 27.4 Å². The highest BCUT2D eigenvalue weighted by Crippen LogP contribution is 2.37. The lowest BCUT2D eigenvalue weighted by molar-refractivity contribution is 0.124. The van der Waals surface area contributed by atoms with E-state index in [1.807, 2.05) is 54.6 Å². The average Bonchev–Trinajstić information content (AvgIpc) is 3.57. The van der Waals surface area contributed by atoms with Gasteiger partial charge in [-0.15, -0.1) is 6.58 Å². The standard InChI is InChI=1S/C30H29ClN6O3/c1-3-18-12-14-19(15-13-18)17-37-24-23(21-10-7-11-22(31)16-21)32-27(28-35-30(38)40-36-28)33-26(24)34-29(37)25(39-2)20-8-5-4-6-9-20/h3-11,16,18-19,25H,1,12-15,17H2,2H3,(H,35,36,38). The molecule has 3 heterocycles. The van der Waals surface area contributed by atoms with Crippen LogP contribution in [0.4, 0.5) is 0 Å². The van der Waals surface area contributed by atoms with Crippen molar-refractivity contribution in [2.24, 2.45) is 11.8 Å². The van der Waals surface area contributed by atoms with Crippen LogP contribution >= 0.6 is 11.6 Å². The highest BCUT2D eigenvalue weighted by Gasteiger charge is 2.29. The van der Waals surface area contributed by atoms with Gasteiger partial charge in [0.1, 0.15) is 23.1 Å². The topological polar surface area (TPSA) is 112 Å². The summed E-state index contributed by atoms with van der Waals surface area (Å²) in [7, 11) is 1.69. The van der Waals surface area contributed by atoms with Gasteiger partial charge in [0.15, 0.2) is 5.65 Å². The van der Waals surface area contributed by atoms with Gasteiger partial charge in [-0.1, -0.05) is 65.3 Å². The van der Waals surface area contributed by atoms with Crippen molar-refractivity contribution in [1.29, 1.82) is 0 Å². The third-order valence-electron chi connectivity index (χ3n) is 7.62. The number of ether oxygens (including phenoxy) is 1. The molecule has 0 aliphatic heterocycles. The summed E-state index contributed by atoms with van der Waals surface area (Å²) in [6, 6.07) is 17.5. The molecule has 204 valence electrons. The Morgan fingerprint density at radius 3 is 2.60 bits per heavy atom. The van der Waals surface area contributed by atoms with Gasteiger partial charge in [0.25, 0.3) is 0 Å². The van der Waals surface area contributed by atoms with Gasteiger partial charge in [-0.2, -0.15) is 0 Å². The Balaban J connectivity index is 1.59. The van der Waals surface area contributed by atoms with Crippen LogP contribution in [0.5, 0.6) is 0 Å². The Labute approximate surface area is 235 Å². The minimum atomic E-state index is -0.687. The van der Waals surface area contributed by atoms with Gasteiger partial charge in [0, 0.05) is 24.2 Å². The summed E-state index contributed by atoms with van der Waals surface area (Å²) in [5, 5.41) is 4.40. The zero-order valence-electron chi connectivity index (χ0n) is 22.1. The lowest BCUT2D eigenvalue weighted by atomic mass is 9.82. The number of allylic oxidation sites excluding steroid dienone is 1. The number of methoxy groups -OCH3 is 1. The second-order valence-corrected chi connectivity index (χ2v) is 10.6. The van der Waals surface area contributed by atoms with E-state index >= 15 is 0 Å². The molecule has 3 aromatic heterocycles. The van der Waals surface area contributed by atoms with E-state index in [-0.39, 0.29) is 11.6 Å². The molecular formula is C30H29ClN6O3. The van der Waals surface area contributed by atoms with Crippen molar-refractivity contribution in [3.63, 3.8) is 0 Å². The number of imidazole rings is 1. The molecule has 10 heteroatoms. The van der Waals surface area contributed by atoms with Gasteiger partial charge in [-0.3, -0.25) is 9.51 Å². The number of fused-ring (bicyclic) bond motifs is 1. The minimum Gasteiger partial charge on any atom is -0.369 e. The first-order valence-electron chi connectivity index (χ1n) is 13.3. The number of H-pyrrole nitrogens is 1. The number of rotatable bonds is 8. The van der Waals surface area contributed by atoms with Crippen LogP contribution in [0.3, 0.4) is 0 Å². The summed E-state index contributed by atoms with van der Waals surface area (Å²) >= 11 is 6.42. The van der Waals surface area contributed by atoms with Gasteiger partial charge < -0.3 is 9.30 Å². The van der Waals surface area contributed by atoms with E-state index in [0.29, 0.717) is 28.2 Å². The molecule has 6 rings (SSSR count). The second-order valence-electron chi connectivity index (χ2n) is 10.1. The predicted octanol–water partition coefficient (Wildman–Crippen LogP) is 6.22. The first-order chi connectivity index (χ1) is 19.5. The highest BCUT2D eigenvalue weighted by molar-refractivity contribution is 6.30. The van der Waals surface area contributed by atoms with Crippen LogP contribution in [-0.4, -0.2) is 36.8 Å². The number of hydrogen-bond donors (Lipinski definition) is 1. The SMILES string of the molecule is C=CC1CCC(Cn2c(C(OC)c3ccccc3)nc3nc(-c4noc(=O)[nH]4)nc(-c4cccc(Cl)c4)c32)CC1. The molecule has 0 bridgehead atoms. The molecule has 1 fully saturated rings. The Bertz CT molecular complexity index is 1700. The number of aromatic amines is 1. The maximum atomic E-state index is 11.7. The summed E-state index contributed by atoms with van der Waals surface area (Å²) in [4.78, 5) is 28.9. The zero-order valence-corrected chi connectivity index (χ0v) is 22.8. The van der Waals surface area contributed by atoms with Crippen molar-refractivity contribution in [2.75, 3.05) is 7.11 Å². The Kier molecular flexibility index (Phi) is 7.32. The number of aromatic nitrogens is 6. The fraction of sp³-hybridized carbons (Fsp3) is 0.300. The lowest BCUT2D eigenvalue weighted by Crippen LogP contribution is -2.21. The van der Waals surface area contributed by atoms with E-state index in [0.717, 1.165) is 54.7 Å². The van der Waals surface area contributed by atoms with E-state index in [1.165, 1.54) is 0 Å². The normalized spacial score (nSPS) is 18.1. The molecule has 0 spiro atoms. The number of nitrogens with zero attached hydrogens (tertiary/aromatic N) is 5. The fourth-order valence-corrected chi connectivity index (χ4v) is 5.78. The van der Waals surface area contributed by atoms with E-state index < -0.39 is 11.9 Å². The van der Waals surface area contributed by atoms with Crippen molar-refractivity contribution in [1.82, 2.24) is 29.7 Å². The first-order valence-corrected chi connectivity index (χ1v) is 13.7. The lowest BCUT2D eigenvalue weighted by Gasteiger charge is -2.28. The largest absolute Gasteiger partial charge is 0.439 e. The molecule has 0 radical (unpaired) electrons. The summed E-state index contributed by atoms with van der Waals surface area (Å²) < 4.78 is 13.0. The van der Waals surface area contributed by atoms with Crippen LogP contribution in [0.1, 0.15) is 43.2 Å². The third kappa shape index (κ3) is 5.10. The van der Waals surface area contributed by atoms with Crippen LogP contribution < -0.4 is 5.76 Å². The molecular weight excluding hydrogens is 528 g/mol. The van der Waals surface area contributed by atoms with Crippen molar-refractivity contribution in [3.05, 3.63) is 94.2 Å². The molecule has 1 N–H and O–H groups in total. The highest BCUT2D eigenvalue weighted by atomic mass is 35.5. The second kappa shape index (κ2) is 11.2. The van der Waals surface area contributed by atoms with Crippen molar-refractivity contribution >= 4 is 22.8 Å². The van der Waals surface area contributed by atoms with Gasteiger partial charge in [0.2, 0.25) is 11.6 Å². The molecule has 0 amide bonds. The fourth-order valence-electron chi connectivity index (χ4n) is 5.59. The molecule has 5 aromatic rings. The van der Waals surface area contributed by atoms with Gasteiger partial charge in [-0.05, 0) is 55.2 Å². The van der Waals surface area contributed by atoms with Crippen LogP contribution in [0.15, 0.2) is 76.6 Å². The van der Waals surface area contributed by atoms with Crippen molar-refractivity contribution in [2.45, 2.75) is 38.3 Å². The summed E-state index contributed by atoms with van der Waals surface area (Å²) in [6.07, 6.45) is 6.05. The monoisotopic (exact) mass is 556 g/mol. The smallest absolute Gasteiger partial charge is 0.369 e.